The smallest absolute Gasteiger partial charge is 0.143 e. The van der Waals surface area contributed by atoms with Gasteiger partial charge in [0.05, 0.1) is 0 Å². The minimum Gasteiger partial charge on any atom is -0.299 e. The van der Waals surface area contributed by atoms with Crippen LogP contribution in [0.15, 0.2) is 58.7 Å². The largest absolute Gasteiger partial charge is 0.299 e. The molecular weight excluding hydrogens is 292 g/mol. The second-order valence-electron chi connectivity index (χ2n) is 8.54. The van der Waals surface area contributed by atoms with E-state index in [1.165, 1.54) is 36.0 Å². The summed E-state index contributed by atoms with van der Waals surface area (Å²) in [7, 11) is 0. The molecule has 0 atom stereocenters. The van der Waals surface area contributed by atoms with Crippen LogP contribution in [-0.4, -0.2) is 6.29 Å². The molecule has 0 aromatic rings. The summed E-state index contributed by atoms with van der Waals surface area (Å²) in [5.41, 5.74) is 5.61. The van der Waals surface area contributed by atoms with Gasteiger partial charge < -0.3 is 0 Å². The Hall–Kier alpha value is -1.63. The zero-order chi connectivity index (χ0) is 18.4. The molecule has 1 rings (SSSR count). The number of carbonyl (C=O) groups is 1. The highest BCUT2D eigenvalue weighted by molar-refractivity contribution is 5.67. The van der Waals surface area contributed by atoms with Gasteiger partial charge in [-0.1, -0.05) is 70.6 Å². The van der Waals surface area contributed by atoms with E-state index in [0.29, 0.717) is 0 Å². The average molecular weight is 327 g/mol. The summed E-state index contributed by atoms with van der Waals surface area (Å²) in [6.45, 7) is 15.6. The lowest BCUT2D eigenvalue weighted by atomic mass is 9.72. The Balaban J connectivity index is 3.11. The molecule has 0 saturated carbocycles. The summed E-state index contributed by atoms with van der Waals surface area (Å²) in [5, 5.41) is 0. The topological polar surface area (TPSA) is 17.1 Å². The second-order valence-corrected chi connectivity index (χ2v) is 8.54. The standard InChI is InChI=1S/C23H34O/c1-18(15-17-24)10-8-12-20(22(3,4)5)13-14-21-19(2)11-9-16-23(21,6)7/h8,10,12-15,17H,9,11,16H2,1-7H3. The maximum absolute atomic E-state index is 10.5. The molecule has 1 aliphatic rings. The van der Waals surface area contributed by atoms with Gasteiger partial charge in [-0.3, -0.25) is 4.79 Å². The third kappa shape index (κ3) is 6.11. The first-order chi connectivity index (χ1) is 11.1. The van der Waals surface area contributed by atoms with Gasteiger partial charge in [0.1, 0.15) is 6.29 Å². The zero-order valence-corrected chi connectivity index (χ0v) is 16.6. The fourth-order valence-electron chi connectivity index (χ4n) is 3.21. The number of carbonyl (C=O) groups excluding carboxylic acids is 1. The summed E-state index contributed by atoms with van der Waals surface area (Å²) in [4.78, 5) is 10.5. The van der Waals surface area contributed by atoms with Gasteiger partial charge in [-0.15, -0.1) is 0 Å². The van der Waals surface area contributed by atoms with Crippen LogP contribution in [0.1, 0.15) is 67.7 Å². The number of hydrogen-bond acceptors (Lipinski definition) is 1. The monoisotopic (exact) mass is 326 g/mol. The minimum atomic E-state index is 0.0798. The molecule has 24 heavy (non-hydrogen) atoms. The Morgan fingerprint density at radius 3 is 2.33 bits per heavy atom. The van der Waals surface area contributed by atoms with Crippen LogP contribution in [0.5, 0.6) is 0 Å². The van der Waals surface area contributed by atoms with E-state index in [9.17, 15) is 4.79 Å². The average Bonchev–Trinajstić information content (AvgIpc) is 2.43. The van der Waals surface area contributed by atoms with Crippen molar-refractivity contribution >= 4 is 6.29 Å². The van der Waals surface area contributed by atoms with Crippen molar-refractivity contribution in [2.75, 3.05) is 0 Å². The predicted molar refractivity (Wildman–Crippen MR) is 106 cm³/mol. The van der Waals surface area contributed by atoms with E-state index in [1.54, 1.807) is 6.08 Å². The van der Waals surface area contributed by atoms with Crippen LogP contribution in [0.2, 0.25) is 0 Å². The van der Waals surface area contributed by atoms with E-state index in [0.717, 1.165) is 11.9 Å². The molecule has 0 spiro atoms. The molecule has 0 amide bonds. The van der Waals surface area contributed by atoms with Crippen LogP contribution >= 0.6 is 0 Å². The fraction of sp³-hybridized carbons (Fsp3) is 0.522. The van der Waals surface area contributed by atoms with Gasteiger partial charge in [0, 0.05) is 0 Å². The zero-order valence-electron chi connectivity index (χ0n) is 16.6. The van der Waals surface area contributed by atoms with E-state index in [1.807, 2.05) is 19.1 Å². The molecule has 132 valence electrons. The molecule has 0 fully saturated rings. The Labute approximate surface area is 148 Å². The summed E-state index contributed by atoms with van der Waals surface area (Å²) in [5.74, 6) is 0. The number of allylic oxidation sites excluding steroid dienone is 10. The third-order valence-electron chi connectivity index (χ3n) is 4.80. The highest BCUT2D eigenvalue weighted by Gasteiger charge is 2.26. The highest BCUT2D eigenvalue weighted by atomic mass is 16.1. The SMILES string of the molecule is CC(C=CC=C(C=CC1=C(C)CCCC1(C)C)C(C)(C)C)=CC=O. The lowest BCUT2D eigenvalue weighted by Gasteiger charge is -2.33. The Morgan fingerprint density at radius 2 is 1.79 bits per heavy atom. The quantitative estimate of drug-likeness (QED) is 0.310. The second kappa shape index (κ2) is 8.46. The van der Waals surface area contributed by atoms with Crippen molar-refractivity contribution in [2.24, 2.45) is 10.8 Å². The van der Waals surface area contributed by atoms with Crippen LogP contribution in [0.4, 0.5) is 0 Å². The molecule has 0 aromatic carbocycles. The normalized spacial score (nSPS) is 20.3. The van der Waals surface area contributed by atoms with Gasteiger partial charge in [0.2, 0.25) is 0 Å². The minimum absolute atomic E-state index is 0.0798. The van der Waals surface area contributed by atoms with E-state index < -0.39 is 0 Å². The predicted octanol–water partition coefficient (Wildman–Crippen LogP) is 6.74. The van der Waals surface area contributed by atoms with Gasteiger partial charge in [0.25, 0.3) is 0 Å². The number of rotatable bonds is 5. The third-order valence-corrected chi connectivity index (χ3v) is 4.80. The van der Waals surface area contributed by atoms with Gasteiger partial charge in [-0.25, -0.2) is 0 Å². The first-order valence-corrected chi connectivity index (χ1v) is 8.97. The summed E-state index contributed by atoms with van der Waals surface area (Å²) in [6.07, 6.45) is 16.9. The molecule has 1 aliphatic carbocycles. The van der Waals surface area contributed by atoms with Crippen LogP contribution in [0.3, 0.4) is 0 Å². The van der Waals surface area contributed by atoms with Crippen molar-refractivity contribution < 1.29 is 4.79 Å². The van der Waals surface area contributed by atoms with Gasteiger partial charge in [-0.2, -0.15) is 0 Å². The highest BCUT2D eigenvalue weighted by Crippen LogP contribution is 2.41. The maximum Gasteiger partial charge on any atom is 0.143 e. The van der Waals surface area contributed by atoms with Gasteiger partial charge in [-0.05, 0) is 66.7 Å². The van der Waals surface area contributed by atoms with Crippen molar-refractivity contribution in [3.8, 4) is 0 Å². The summed E-state index contributed by atoms with van der Waals surface area (Å²) < 4.78 is 0. The first-order valence-electron chi connectivity index (χ1n) is 8.97. The number of hydrogen-bond donors (Lipinski definition) is 0. The van der Waals surface area contributed by atoms with Crippen LogP contribution in [-0.2, 0) is 4.79 Å². The van der Waals surface area contributed by atoms with Crippen molar-refractivity contribution in [3.05, 3.63) is 58.7 Å². The van der Waals surface area contributed by atoms with Crippen LogP contribution in [0.25, 0.3) is 0 Å². The van der Waals surface area contributed by atoms with Crippen LogP contribution in [0, 0.1) is 10.8 Å². The Bertz CT molecular complexity index is 598. The van der Waals surface area contributed by atoms with Crippen molar-refractivity contribution in [3.63, 3.8) is 0 Å². The molecule has 0 aliphatic heterocycles. The molecule has 0 saturated heterocycles. The molecule has 0 N–H and O–H groups in total. The molecule has 1 nitrogen and oxygen atoms in total. The molecule has 0 bridgehead atoms. The van der Waals surface area contributed by atoms with E-state index in [2.05, 4.69) is 59.8 Å². The molecule has 1 heteroatoms. The van der Waals surface area contributed by atoms with E-state index in [4.69, 9.17) is 0 Å². The van der Waals surface area contributed by atoms with Crippen LogP contribution < -0.4 is 0 Å². The Kier molecular flexibility index (Phi) is 7.20. The maximum atomic E-state index is 10.5. The van der Waals surface area contributed by atoms with Crippen molar-refractivity contribution in [1.82, 2.24) is 0 Å². The van der Waals surface area contributed by atoms with Gasteiger partial charge >= 0.3 is 0 Å². The first kappa shape index (κ1) is 20.4. The lowest BCUT2D eigenvalue weighted by Crippen LogP contribution is -2.19. The van der Waals surface area contributed by atoms with Crippen molar-refractivity contribution in [1.29, 1.82) is 0 Å². The molecule has 0 heterocycles. The fourth-order valence-corrected chi connectivity index (χ4v) is 3.21. The van der Waals surface area contributed by atoms with E-state index >= 15 is 0 Å². The summed E-state index contributed by atoms with van der Waals surface area (Å²) in [6, 6.07) is 0. The van der Waals surface area contributed by atoms with Gasteiger partial charge in [0.15, 0.2) is 0 Å². The molecular formula is C23H34O. The summed E-state index contributed by atoms with van der Waals surface area (Å²) >= 11 is 0. The molecule has 0 aromatic heterocycles. The molecule has 0 radical (unpaired) electrons. The number of aldehydes is 1. The molecule has 0 unspecified atom stereocenters. The Morgan fingerprint density at radius 1 is 1.12 bits per heavy atom. The lowest BCUT2D eigenvalue weighted by molar-refractivity contribution is -0.104. The van der Waals surface area contributed by atoms with Crippen molar-refractivity contribution in [2.45, 2.75) is 67.7 Å². The van der Waals surface area contributed by atoms with E-state index in [-0.39, 0.29) is 10.8 Å².